The number of nitriles is 1. The Labute approximate surface area is 87.3 Å². The van der Waals surface area contributed by atoms with E-state index >= 15 is 0 Å². The average molecular weight is 236 g/mol. The molecule has 0 radical (unpaired) electrons. The Morgan fingerprint density at radius 1 is 1.38 bits per heavy atom. The molecular weight excluding hydrogens is 231 g/mol. The number of pyridine rings is 1. The van der Waals surface area contributed by atoms with Crippen molar-refractivity contribution in [3.63, 3.8) is 0 Å². The molecule has 0 spiro atoms. The number of rotatable bonds is 1. The fourth-order valence-corrected chi connectivity index (χ4v) is 1.25. The lowest BCUT2D eigenvalue weighted by Crippen LogP contribution is -2.13. The first-order valence-corrected chi connectivity index (χ1v) is 4.04. The minimum absolute atomic E-state index is 0.328. The van der Waals surface area contributed by atoms with E-state index in [1.807, 2.05) is 0 Å². The molecule has 0 amide bonds. The first-order valence-electron chi connectivity index (χ1n) is 4.04. The summed E-state index contributed by atoms with van der Waals surface area (Å²) in [6, 6.07) is 1.72. The van der Waals surface area contributed by atoms with E-state index in [1.165, 1.54) is 6.07 Å². The van der Waals surface area contributed by atoms with Gasteiger partial charge in [0.05, 0.1) is 11.1 Å². The maximum absolute atomic E-state index is 12.4. The summed E-state index contributed by atoms with van der Waals surface area (Å²) in [6.07, 6.45) is -8.21. The molecule has 0 atom stereocenters. The molecule has 0 unspecified atom stereocenters. The van der Waals surface area contributed by atoms with Crippen LogP contribution in [0.3, 0.4) is 0 Å². The summed E-state index contributed by atoms with van der Waals surface area (Å²) in [5, 5.41) is 8.41. The number of aryl methyl sites for hydroxylation is 1. The van der Waals surface area contributed by atoms with Crippen LogP contribution in [0.2, 0.25) is 0 Å². The number of alkyl halides is 5. The Hall–Kier alpha value is -1.71. The van der Waals surface area contributed by atoms with E-state index in [1.54, 1.807) is 0 Å². The van der Waals surface area contributed by atoms with E-state index in [0.717, 1.165) is 6.92 Å². The lowest BCUT2D eigenvalue weighted by Gasteiger charge is -2.14. The molecule has 0 N–H and O–H groups in total. The summed E-state index contributed by atoms with van der Waals surface area (Å²) in [4.78, 5) is 3.35. The van der Waals surface area contributed by atoms with Gasteiger partial charge in [0, 0.05) is 5.69 Å². The van der Waals surface area contributed by atoms with Crippen molar-refractivity contribution in [1.29, 1.82) is 5.26 Å². The predicted octanol–water partition coefficient (Wildman–Crippen LogP) is 3.22. The fraction of sp³-hybridized carbons (Fsp3) is 0.333. The van der Waals surface area contributed by atoms with Gasteiger partial charge in [-0.25, -0.2) is 13.8 Å². The molecule has 16 heavy (non-hydrogen) atoms. The zero-order chi connectivity index (χ0) is 12.5. The number of aromatic nitrogens is 1. The number of hydrogen-bond acceptors (Lipinski definition) is 2. The first-order chi connectivity index (χ1) is 7.27. The normalized spacial score (nSPS) is 11.6. The summed E-state index contributed by atoms with van der Waals surface area (Å²) >= 11 is 0. The fourth-order valence-electron chi connectivity index (χ4n) is 1.25. The van der Waals surface area contributed by atoms with E-state index in [9.17, 15) is 22.0 Å². The van der Waals surface area contributed by atoms with E-state index in [0.29, 0.717) is 6.07 Å². The second-order valence-corrected chi connectivity index (χ2v) is 2.96. The zero-order valence-electron chi connectivity index (χ0n) is 7.94. The van der Waals surface area contributed by atoms with Crippen LogP contribution >= 0.6 is 0 Å². The predicted molar refractivity (Wildman–Crippen MR) is 43.6 cm³/mol. The van der Waals surface area contributed by atoms with Crippen LogP contribution in [0.1, 0.15) is 28.9 Å². The number of nitrogens with zero attached hydrogens (tertiary/aromatic N) is 2. The molecule has 86 valence electrons. The van der Waals surface area contributed by atoms with E-state index in [2.05, 4.69) is 4.98 Å². The Balaban J connectivity index is 3.55. The monoisotopic (exact) mass is 236 g/mol. The zero-order valence-corrected chi connectivity index (χ0v) is 7.94. The smallest absolute Gasteiger partial charge is 0.242 e. The van der Waals surface area contributed by atoms with Gasteiger partial charge in [0.1, 0.15) is 11.8 Å². The van der Waals surface area contributed by atoms with Gasteiger partial charge in [0.25, 0.3) is 6.43 Å². The topological polar surface area (TPSA) is 36.7 Å². The summed E-state index contributed by atoms with van der Waals surface area (Å²) in [7, 11) is 0. The van der Waals surface area contributed by atoms with Gasteiger partial charge >= 0.3 is 6.18 Å². The molecular formula is C9H5F5N2. The van der Waals surface area contributed by atoms with Gasteiger partial charge in [-0.05, 0) is 13.0 Å². The van der Waals surface area contributed by atoms with Crippen molar-refractivity contribution in [1.82, 2.24) is 4.98 Å². The molecule has 0 saturated heterocycles. The van der Waals surface area contributed by atoms with Gasteiger partial charge in [-0.1, -0.05) is 0 Å². The second kappa shape index (κ2) is 4.04. The minimum atomic E-state index is -4.93. The van der Waals surface area contributed by atoms with Gasteiger partial charge in [-0.15, -0.1) is 0 Å². The van der Waals surface area contributed by atoms with Crippen LogP contribution in [0, 0.1) is 18.3 Å². The van der Waals surface area contributed by atoms with E-state index in [4.69, 9.17) is 5.26 Å². The van der Waals surface area contributed by atoms with Crippen LogP contribution in [0.15, 0.2) is 6.07 Å². The van der Waals surface area contributed by atoms with Crippen molar-refractivity contribution in [2.24, 2.45) is 0 Å². The lowest BCUT2D eigenvalue weighted by molar-refractivity contribution is -0.139. The Morgan fingerprint density at radius 3 is 2.31 bits per heavy atom. The van der Waals surface area contributed by atoms with Crippen molar-refractivity contribution < 1.29 is 22.0 Å². The molecule has 0 saturated carbocycles. The van der Waals surface area contributed by atoms with Crippen LogP contribution in [0.4, 0.5) is 22.0 Å². The van der Waals surface area contributed by atoms with Crippen molar-refractivity contribution in [3.8, 4) is 6.07 Å². The van der Waals surface area contributed by atoms with Gasteiger partial charge in [0.15, 0.2) is 0 Å². The van der Waals surface area contributed by atoms with Crippen molar-refractivity contribution in [2.45, 2.75) is 19.5 Å². The average Bonchev–Trinajstić information content (AvgIpc) is 2.14. The van der Waals surface area contributed by atoms with Gasteiger partial charge < -0.3 is 0 Å². The third-order valence-corrected chi connectivity index (χ3v) is 1.89. The van der Waals surface area contributed by atoms with Crippen molar-refractivity contribution >= 4 is 0 Å². The van der Waals surface area contributed by atoms with E-state index in [-0.39, 0.29) is 0 Å². The molecule has 0 aliphatic heterocycles. The molecule has 0 aliphatic rings. The third-order valence-electron chi connectivity index (χ3n) is 1.89. The minimum Gasteiger partial charge on any atom is -0.242 e. The highest BCUT2D eigenvalue weighted by atomic mass is 19.4. The highest BCUT2D eigenvalue weighted by molar-refractivity contribution is 5.38. The highest BCUT2D eigenvalue weighted by Gasteiger charge is 2.37. The standard InChI is InChI=1S/C9H5F5N2/c1-4-7(8(10)11)6(9(12,13)14)2-5(3-15)16-4/h2,8H,1H3. The summed E-state index contributed by atoms with van der Waals surface area (Å²) in [5.41, 5.74) is -3.70. The third kappa shape index (κ3) is 2.27. The molecule has 1 aromatic rings. The molecule has 1 rings (SSSR count). The Kier molecular flexibility index (Phi) is 3.12. The molecule has 0 aromatic carbocycles. The maximum atomic E-state index is 12.4. The van der Waals surface area contributed by atoms with Crippen LogP contribution in [-0.4, -0.2) is 4.98 Å². The van der Waals surface area contributed by atoms with Crippen LogP contribution in [0.25, 0.3) is 0 Å². The molecule has 2 nitrogen and oxygen atoms in total. The Morgan fingerprint density at radius 2 is 1.94 bits per heavy atom. The van der Waals surface area contributed by atoms with E-state index < -0.39 is 35.1 Å². The van der Waals surface area contributed by atoms with Crippen molar-refractivity contribution in [3.05, 3.63) is 28.6 Å². The molecule has 0 aliphatic carbocycles. The highest BCUT2D eigenvalue weighted by Crippen LogP contribution is 2.37. The largest absolute Gasteiger partial charge is 0.417 e. The molecule has 1 aromatic heterocycles. The summed E-state index contributed by atoms with van der Waals surface area (Å²) < 4.78 is 62.2. The van der Waals surface area contributed by atoms with Gasteiger partial charge in [-0.2, -0.15) is 18.4 Å². The quantitative estimate of drug-likeness (QED) is 0.702. The first kappa shape index (κ1) is 12.4. The van der Waals surface area contributed by atoms with Gasteiger partial charge in [-0.3, -0.25) is 0 Å². The van der Waals surface area contributed by atoms with Crippen LogP contribution in [0.5, 0.6) is 0 Å². The number of hydrogen-bond donors (Lipinski definition) is 0. The number of halogens is 5. The summed E-state index contributed by atoms with van der Waals surface area (Å²) in [5.74, 6) is 0. The van der Waals surface area contributed by atoms with Gasteiger partial charge in [0.2, 0.25) is 0 Å². The maximum Gasteiger partial charge on any atom is 0.417 e. The van der Waals surface area contributed by atoms with Crippen molar-refractivity contribution in [2.75, 3.05) is 0 Å². The lowest BCUT2D eigenvalue weighted by atomic mass is 10.1. The van der Waals surface area contributed by atoms with Crippen LogP contribution < -0.4 is 0 Å². The SMILES string of the molecule is Cc1nc(C#N)cc(C(F)(F)F)c1C(F)F. The molecule has 7 heteroatoms. The second-order valence-electron chi connectivity index (χ2n) is 2.96. The molecule has 0 bridgehead atoms. The van der Waals surface area contributed by atoms with Crippen LogP contribution in [-0.2, 0) is 6.18 Å². The molecule has 0 fully saturated rings. The molecule has 1 heterocycles. The Bertz CT molecular complexity index is 444. The summed E-state index contributed by atoms with van der Waals surface area (Å²) in [6.45, 7) is 1.01.